The Morgan fingerprint density at radius 1 is 1.17 bits per heavy atom. The van der Waals surface area contributed by atoms with Crippen molar-refractivity contribution in [3.05, 3.63) is 52.9 Å². The number of hydrogen-bond acceptors (Lipinski definition) is 5. The second kappa shape index (κ2) is 6.36. The summed E-state index contributed by atoms with van der Waals surface area (Å²) >= 11 is 3.48. The Hall–Kier alpha value is -2.21. The average molecular weight is 385 g/mol. The van der Waals surface area contributed by atoms with Gasteiger partial charge in [-0.25, -0.2) is 9.97 Å². The summed E-state index contributed by atoms with van der Waals surface area (Å²) in [6, 6.07) is 9.86. The van der Waals surface area contributed by atoms with E-state index in [2.05, 4.69) is 30.8 Å². The van der Waals surface area contributed by atoms with E-state index in [0.717, 1.165) is 52.3 Å². The van der Waals surface area contributed by atoms with E-state index < -0.39 is 0 Å². The second-order valence-corrected chi connectivity index (χ2v) is 6.76. The quantitative estimate of drug-likeness (QED) is 0.687. The summed E-state index contributed by atoms with van der Waals surface area (Å²) in [7, 11) is 0. The molecule has 2 aromatic heterocycles. The molecule has 0 N–H and O–H groups in total. The van der Waals surface area contributed by atoms with Gasteiger partial charge >= 0.3 is 0 Å². The molecule has 24 heavy (non-hydrogen) atoms. The molecule has 1 atom stereocenters. The minimum Gasteiger partial charge on any atom is -0.487 e. The van der Waals surface area contributed by atoms with E-state index in [4.69, 9.17) is 9.72 Å². The normalized spacial score (nSPS) is 17.4. The van der Waals surface area contributed by atoms with Crippen molar-refractivity contribution in [1.82, 2.24) is 15.0 Å². The first-order chi connectivity index (χ1) is 11.7. The molecule has 5 nitrogen and oxygen atoms in total. The molecular formula is C18H17BrN4O. The summed E-state index contributed by atoms with van der Waals surface area (Å²) in [4.78, 5) is 15.8. The largest absolute Gasteiger partial charge is 0.487 e. The first-order valence-corrected chi connectivity index (χ1v) is 8.74. The summed E-state index contributed by atoms with van der Waals surface area (Å²) in [6.07, 6.45) is 4.59. The highest BCUT2D eigenvalue weighted by atomic mass is 79.9. The lowest BCUT2D eigenvalue weighted by molar-refractivity contribution is 0.223. The number of nitrogens with zero attached hydrogens (tertiary/aromatic N) is 4. The fourth-order valence-electron chi connectivity index (χ4n) is 3.03. The number of aryl methyl sites for hydroxylation is 1. The number of anilines is 1. The highest BCUT2D eigenvalue weighted by Crippen LogP contribution is 2.28. The third-order valence-electron chi connectivity index (χ3n) is 4.19. The van der Waals surface area contributed by atoms with Crippen LogP contribution >= 0.6 is 15.9 Å². The molecule has 1 fully saturated rings. The molecular weight excluding hydrogens is 368 g/mol. The molecule has 0 bridgehead atoms. The Balaban J connectivity index is 1.54. The van der Waals surface area contributed by atoms with Gasteiger partial charge in [-0.1, -0.05) is 12.1 Å². The van der Waals surface area contributed by atoms with Crippen LogP contribution in [0.5, 0.6) is 5.75 Å². The van der Waals surface area contributed by atoms with Crippen LogP contribution in [-0.2, 0) is 0 Å². The SMILES string of the molecule is Cc1nc2ccccc2nc1N1CCC(Oc2ccncc2Br)C1. The van der Waals surface area contributed by atoms with Crippen molar-refractivity contribution in [2.75, 3.05) is 18.0 Å². The van der Waals surface area contributed by atoms with Gasteiger partial charge < -0.3 is 9.64 Å². The number of halogens is 1. The van der Waals surface area contributed by atoms with Gasteiger partial charge in [-0.3, -0.25) is 4.98 Å². The molecule has 1 aliphatic rings. The van der Waals surface area contributed by atoms with Crippen LogP contribution in [0.15, 0.2) is 47.2 Å². The molecule has 6 heteroatoms. The number of rotatable bonds is 3. The van der Waals surface area contributed by atoms with E-state index in [9.17, 15) is 0 Å². The van der Waals surface area contributed by atoms with Crippen LogP contribution in [0.4, 0.5) is 5.82 Å². The minimum absolute atomic E-state index is 0.136. The Labute approximate surface area is 148 Å². The maximum atomic E-state index is 6.11. The summed E-state index contributed by atoms with van der Waals surface area (Å²) in [5.74, 6) is 1.78. The van der Waals surface area contributed by atoms with Crippen molar-refractivity contribution in [1.29, 1.82) is 0 Å². The maximum Gasteiger partial charge on any atom is 0.150 e. The van der Waals surface area contributed by atoms with Crippen LogP contribution in [0.1, 0.15) is 12.1 Å². The van der Waals surface area contributed by atoms with Crippen molar-refractivity contribution < 1.29 is 4.74 Å². The average Bonchev–Trinajstić information content (AvgIpc) is 3.04. The van der Waals surface area contributed by atoms with Crippen LogP contribution in [0.3, 0.4) is 0 Å². The molecule has 1 aromatic carbocycles. The van der Waals surface area contributed by atoms with E-state index in [1.807, 2.05) is 37.3 Å². The smallest absolute Gasteiger partial charge is 0.150 e. The van der Waals surface area contributed by atoms with E-state index >= 15 is 0 Å². The van der Waals surface area contributed by atoms with E-state index in [1.165, 1.54) is 0 Å². The predicted molar refractivity (Wildman–Crippen MR) is 97.5 cm³/mol. The molecule has 1 aliphatic heterocycles. The van der Waals surface area contributed by atoms with Crippen molar-refractivity contribution in [3.63, 3.8) is 0 Å². The molecule has 3 aromatic rings. The van der Waals surface area contributed by atoms with E-state index in [0.29, 0.717) is 0 Å². The number of ether oxygens (including phenoxy) is 1. The number of hydrogen-bond donors (Lipinski definition) is 0. The standard InChI is InChI=1S/C18H17BrN4O/c1-12-18(22-16-5-3-2-4-15(16)21-12)23-9-7-13(11-23)24-17-6-8-20-10-14(17)19/h2-6,8,10,13H,7,9,11H2,1H3. The van der Waals surface area contributed by atoms with Crippen molar-refractivity contribution in [3.8, 4) is 5.75 Å². The van der Waals surface area contributed by atoms with Crippen LogP contribution < -0.4 is 9.64 Å². The summed E-state index contributed by atoms with van der Waals surface area (Å²) in [6.45, 7) is 3.74. The first-order valence-electron chi connectivity index (χ1n) is 7.95. The van der Waals surface area contributed by atoms with Crippen molar-refractivity contribution >= 4 is 32.8 Å². The zero-order valence-electron chi connectivity index (χ0n) is 13.3. The third-order valence-corrected chi connectivity index (χ3v) is 4.79. The van der Waals surface area contributed by atoms with Gasteiger partial charge in [0.15, 0.2) is 5.82 Å². The van der Waals surface area contributed by atoms with Gasteiger partial charge in [0.05, 0.1) is 27.7 Å². The van der Waals surface area contributed by atoms with E-state index in [-0.39, 0.29) is 6.10 Å². The Kier molecular flexibility index (Phi) is 4.06. The molecule has 0 spiro atoms. The zero-order valence-corrected chi connectivity index (χ0v) is 14.9. The molecule has 1 saturated heterocycles. The van der Waals surface area contributed by atoms with Crippen molar-refractivity contribution in [2.45, 2.75) is 19.4 Å². The van der Waals surface area contributed by atoms with Gasteiger partial charge in [-0.2, -0.15) is 0 Å². The Morgan fingerprint density at radius 2 is 1.96 bits per heavy atom. The highest BCUT2D eigenvalue weighted by molar-refractivity contribution is 9.10. The Bertz CT molecular complexity index is 886. The van der Waals surface area contributed by atoms with Crippen LogP contribution in [0, 0.1) is 6.92 Å². The van der Waals surface area contributed by atoms with Crippen molar-refractivity contribution in [2.24, 2.45) is 0 Å². The summed E-state index contributed by atoms with van der Waals surface area (Å²) in [5.41, 5.74) is 2.82. The number of pyridine rings is 1. The fourth-order valence-corrected chi connectivity index (χ4v) is 3.38. The van der Waals surface area contributed by atoms with Gasteiger partial charge in [-0.05, 0) is 41.1 Å². The van der Waals surface area contributed by atoms with Gasteiger partial charge in [0.25, 0.3) is 0 Å². The molecule has 0 aliphatic carbocycles. The van der Waals surface area contributed by atoms with Gasteiger partial charge in [-0.15, -0.1) is 0 Å². The zero-order chi connectivity index (χ0) is 16.5. The lowest BCUT2D eigenvalue weighted by Gasteiger charge is -2.20. The molecule has 122 valence electrons. The second-order valence-electron chi connectivity index (χ2n) is 5.90. The topological polar surface area (TPSA) is 51.1 Å². The minimum atomic E-state index is 0.136. The number of para-hydroxylation sites is 2. The molecule has 0 saturated carbocycles. The van der Waals surface area contributed by atoms with E-state index in [1.54, 1.807) is 12.4 Å². The highest BCUT2D eigenvalue weighted by Gasteiger charge is 2.27. The lowest BCUT2D eigenvalue weighted by Crippen LogP contribution is -2.26. The number of fused-ring (bicyclic) bond motifs is 1. The maximum absolute atomic E-state index is 6.11. The molecule has 0 radical (unpaired) electrons. The van der Waals surface area contributed by atoms with Gasteiger partial charge in [0.2, 0.25) is 0 Å². The lowest BCUT2D eigenvalue weighted by atomic mass is 10.3. The van der Waals surface area contributed by atoms with Gasteiger partial charge in [0, 0.05) is 25.4 Å². The van der Waals surface area contributed by atoms with Gasteiger partial charge in [0.1, 0.15) is 11.9 Å². The van der Waals surface area contributed by atoms with Crippen LogP contribution in [-0.4, -0.2) is 34.1 Å². The van der Waals surface area contributed by atoms with Crippen LogP contribution in [0.25, 0.3) is 11.0 Å². The molecule has 1 unspecified atom stereocenters. The van der Waals surface area contributed by atoms with Crippen LogP contribution in [0.2, 0.25) is 0 Å². The number of aromatic nitrogens is 3. The molecule has 4 rings (SSSR count). The molecule has 3 heterocycles. The number of benzene rings is 1. The monoisotopic (exact) mass is 384 g/mol. The fraction of sp³-hybridized carbons (Fsp3) is 0.278. The summed E-state index contributed by atoms with van der Waals surface area (Å²) < 4.78 is 6.99. The molecule has 0 amide bonds. The first kappa shape index (κ1) is 15.3. The Morgan fingerprint density at radius 3 is 2.75 bits per heavy atom. The summed E-state index contributed by atoms with van der Waals surface area (Å²) in [5, 5.41) is 0. The predicted octanol–water partition coefficient (Wildman–Crippen LogP) is 3.75. The third kappa shape index (κ3) is 2.94.